The normalized spacial score (nSPS) is 32.3. The van der Waals surface area contributed by atoms with E-state index in [-0.39, 0.29) is 11.0 Å². The van der Waals surface area contributed by atoms with Crippen LogP contribution in [0.15, 0.2) is 48.7 Å². The summed E-state index contributed by atoms with van der Waals surface area (Å²) in [6.45, 7) is -4.70. The van der Waals surface area contributed by atoms with Crippen molar-refractivity contribution in [3.8, 4) is 0 Å². The maximum absolute atomic E-state index is 7.97. The Hall–Kier alpha value is -1.71. The number of rotatable bonds is 7. The molecule has 2 aliphatic carbocycles. The van der Waals surface area contributed by atoms with E-state index >= 15 is 0 Å². The largest absolute Gasteiger partial charge is 0.375 e. The lowest BCUT2D eigenvalue weighted by Crippen LogP contribution is -2.46. The van der Waals surface area contributed by atoms with Crippen LogP contribution in [0.1, 0.15) is 113 Å². The van der Waals surface area contributed by atoms with Gasteiger partial charge in [-0.2, -0.15) is 0 Å². The summed E-state index contributed by atoms with van der Waals surface area (Å²) in [6.07, 6.45) is 12.9. The first-order valence-corrected chi connectivity index (χ1v) is 12.5. The molecule has 32 heavy (non-hydrogen) atoms. The summed E-state index contributed by atoms with van der Waals surface area (Å²) in [5, 5.41) is 0. The van der Waals surface area contributed by atoms with Crippen LogP contribution in [-0.4, -0.2) is 23.8 Å². The lowest BCUT2D eigenvalue weighted by molar-refractivity contribution is -0.105. The smallest absolute Gasteiger partial charge is 0.0827 e. The first-order valence-electron chi connectivity index (χ1n) is 15.0. The Morgan fingerprint density at radius 3 is 2.75 bits per heavy atom. The van der Waals surface area contributed by atoms with Crippen molar-refractivity contribution in [2.24, 2.45) is 0 Å². The Morgan fingerprint density at radius 2 is 1.94 bits per heavy atom. The first kappa shape index (κ1) is 16.8. The van der Waals surface area contributed by atoms with E-state index in [0.29, 0.717) is 12.3 Å². The Balaban J connectivity index is 1.31. The van der Waals surface area contributed by atoms with Crippen LogP contribution in [0.5, 0.6) is 0 Å². The van der Waals surface area contributed by atoms with Crippen LogP contribution >= 0.6 is 0 Å². The lowest BCUT2D eigenvalue weighted by atomic mass is 9.66. The second-order valence-corrected chi connectivity index (χ2v) is 10.2. The van der Waals surface area contributed by atoms with Gasteiger partial charge in [0.25, 0.3) is 0 Å². The zero-order valence-electron chi connectivity index (χ0n) is 24.0. The number of hydrogen-bond donors (Lipinski definition) is 0. The molecule has 1 saturated heterocycles. The summed E-state index contributed by atoms with van der Waals surface area (Å²) in [7, 11) is 0. The van der Waals surface area contributed by atoms with Crippen LogP contribution in [0.25, 0.3) is 0 Å². The molecule has 0 N–H and O–H groups in total. The van der Waals surface area contributed by atoms with Crippen LogP contribution in [-0.2, 0) is 14.9 Å². The molecule has 0 radical (unpaired) electrons. The van der Waals surface area contributed by atoms with Crippen molar-refractivity contribution >= 4 is 0 Å². The maximum Gasteiger partial charge on any atom is 0.0827 e. The van der Waals surface area contributed by atoms with E-state index in [1.165, 1.54) is 24.1 Å². The summed E-state index contributed by atoms with van der Waals surface area (Å²) in [5.41, 5.74) is 3.36. The third-order valence-electron chi connectivity index (χ3n) is 8.34. The average molecular weight is 439 g/mol. The van der Waals surface area contributed by atoms with Gasteiger partial charge < -0.3 is 9.47 Å². The number of hydrogen-bond acceptors (Lipinski definition) is 3. The molecule has 1 aliphatic heterocycles. The van der Waals surface area contributed by atoms with E-state index in [0.717, 1.165) is 63.5 Å². The molecule has 172 valence electrons. The first-order chi connectivity index (χ1) is 17.6. The fourth-order valence-corrected chi connectivity index (χ4v) is 6.82. The second kappa shape index (κ2) is 9.65. The molecular formula is C29H39NO2. The Kier molecular flexibility index (Phi) is 5.08. The minimum Gasteiger partial charge on any atom is -0.375 e. The van der Waals surface area contributed by atoms with Crippen LogP contribution < -0.4 is 0 Å². The highest BCUT2D eigenvalue weighted by atomic mass is 16.5. The molecule has 3 aliphatic rings. The highest BCUT2D eigenvalue weighted by Gasteiger charge is 2.48. The van der Waals surface area contributed by atoms with Crippen molar-refractivity contribution in [3.05, 3.63) is 65.5 Å². The van der Waals surface area contributed by atoms with Gasteiger partial charge in [-0.15, -0.1) is 0 Å². The quantitative estimate of drug-likeness (QED) is 0.455. The van der Waals surface area contributed by atoms with Gasteiger partial charge in [-0.25, -0.2) is 0 Å². The monoisotopic (exact) mass is 438 g/mol. The predicted molar refractivity (Wildman–Crippen MR) is 129 cm³/mol. The number of benzene rings is 1. The predicted octanol–water partition coefficient (Wildman–Crippen LogP) is 7.27. The van der Waals surface area contributed by atoms with Crippen LogP contribution in [0.3, 0.4) is 0 Å². The van der Waals surface area contributed by atoms with Crippen molar-refractivity contribution in [1.82, 2.24) is 4.98 Å². The van der Waals surface area contributed by atoms with E-state index in [1.54, 1.807) is 0 Å². The molecule has 0 bridgehead atoms. The Bertz CT molecular complexity index is 1050. The molecule has 0 amide bonds. The summed E-state index contributed by atoms with van der Waals surface area (Å²) in [5.74, 6) is 0.357. The van der Waals surface area contributed by atoms with E-state index < -0.39 is 19.5 Å². The number of nitrogens with zero attached hydrogens (tertiary/aromatic N) is 1. The molecular weight excluding hydrogens is 394 g/mol. The van der Waals surface area contributed by atoms with Crippen LogP contribution in [0.2, 0.25) is 0 Å². The van der Waals surface area contributed by atoms with Gasteiger partial charge in [-0.05, 0) is 87.4 Å². The van der Waals surface area contributed by atoms with Crippen LogP contribution in [0.4, 0.5) is 0 Å². The third kappa shape index (κ3) is 4.39. The van der Waals surface area contributed by atoms with E-state index in [1.807, 2.05) is 30.5 Å². The van der Waals surface area contributed by atoms with E-state index in [2.05, 4.69) is 18.2 Å². The van der Waals surface area contributed by atoms with E-state index in [9.17, 15) is 0 Å². The Morgan fingerprint density at radius 1 is 1.09 bits per heavy atom. The maximum atomic E-state index is 7.97. The number of pyridine rings is 1. The SMILES string of the molecule is [2H]C([2H])([2H])C([2H])([2H])O[C@H]1CC[C@H](CCC[C@@]2(c3ccccn3)CCOC3(CCCC3)C2)c2ccccc21. The number of fused-ring (bicyclic) bond motifs is 1. The molecule has 3 heteroatoms. The minimum absolute atomic E-state index is 0.0134. The van der Waals surface area contributed by atoms with Crippen molar-refractivity contribution in [3.63, 3.8) is 0 Å². The van der Waals surface area contributed by atoms with Gasteiger partial charge >= 0.3 is 0 Å². The molecule has 1 spiro atoms. The highest BCUT2D eigenvalue weighted by molar-refractivity contribution is 5.34. The third-order valence-corrected chi connectivity index (χ3v) is 8.34. The molecule has 2 fully saturated rings. The molecule has 3 nitrogen and oxygen atoms in total. The zero-order chi connectivity index (χ0) is 26.2. The zero-order valence-corrected chi connectivity index (χ0v) is 19.0. The van der Waals surface area contributed by atoms with Crippen molar-refractivity contribution in [2.75, 3.05) is 13.2 Å². The summed E-state index contributed by atoms with van der Waals surface area (Å²) >= 11 is 0. The average Bonchev–Trinajstić information content (AvgIpc) is 3.32. The molecule has 2 heterocycles. The van der Waals surface area contributed by atoms with Gasteiger partial charge in [-0.3, -0.25) is 4.98 Å². The topological polar surface area (TPSA) is 31.4 Å². The molecule has 3 atom stereocenters. The van der Waals surface area contributed by atoms with E-state index in [4.69, 9.17) is 21.3 Å². The summed E-state index contributed by atoms with van der Waals surface area (Å²) < 4.78 is 50.5. The minimum atomic E-state index is -2.82. The van der Waals surface area contributed by atoms with Gasteiger partial charge in [0.15, 0.2) is 0 Å². The van der Waals surface area contributed by atoms with Gasteiger partial charge in [0.05, 0.1) is 14.4 Å². The number of ether oxygens (including phenoxy) is 2. The molecule has 5 rings (SSSR count). The molecule has 0 unspecified atom stereocenters. The van der Waals surface area contributed by atoms with Gasteiger partial charge in [0, 0.05) is 34.6 Å². The fourth-order valence-electron chi connectivity index (χ4n) is 6.82. The van der Waals surface area contributed by atoms with Crippen molar-refractivity contribution in [1.29, 1.82) is 0 Å². The highest BCUT2D eigenvalue weighted by Crippen LogP contribution is 2.51. The Labute approximate surface area is 201 Å². The molecule has 1 aromatic heterocycles. The molecule has 1 saturated carbocycles. The standard InChI is InChI=1S/C29H39NO2/c1-2-31-26-15-14-23(24-11-3-4-12-25(24)26)10-9-16-28(27-13-5-8-20-30-27)19-21-32-29(22-28)17-6-7-18-29/h3-5,8,11-13,20,23,26H,2,6-7,9-10,14-19,21-22H2,1H3/t23-,26-,28+/m0/s1/i1D3,2D2. The number of aromatic nitrogens is 1. The molecule has 2 aromatic rings. The second-order valence-electron chi connectivity index (χ2n) is 10.2. The lowest BCUT2D eigenvalue weighted by Gasteiger charge is -2.46. The molecule has 1 aromatic carbocycles. The van der Waals surface area contributed by atoms with Gasteiger partial charge in [0.2, 0.25) is 0 Å². The summed E-state index contributed by atoms with van der Waals surface area (Å²) in [6, 6.07) is 14.3. The van der Waals surface area contributed by atoms with Gasteiger partial charge in [-0.1, -0.05) is 49.6 Å². The van der Waals surface area contributed by atoms with Gasteiger partial charge in [0.1, 0.15) is 0 Å². The van der Waals surface area contributed by atoms with Crippen LogP contribution in [0, 0.1) is 0 Å². The summed E-state index contributed by atoms with van der Waals surface area (Å²) in [4.78, 5) is 4.84. The van der Waals surface area contributed by atoms with Crippen molar-refractivity contribution in [2.45, 2.75) is 101 Å². The fraction of sp³-hybridized carbons (Fsp3) is 0.621. The van der Waals surface area contributed by atoms with Crippen molar-refractivity contribution < 1.29 is 16.3 Å².